The van der Waals surface area contributed by atoms with E-state index in [0.29, 0.717) is 10.3 Å². The van der Waals surface area contributed by atoms with E-state index >= 15 is 0 Å². The molecular weight excluding hydrogens is 144 g/mol. The molecule has 0 unspecified atom stereocenters. The van der Waals surface area contributed by atoms with E-state index in [2.05, 4.69) is 11.6 Å². The van der Waals surface area contributed by atoms with Gasteiger partial charge in [0.15, 0.2) is 0 Å². The van der Waals surface area contributed by atoms with Gasteiger partial charge >= 0.3 is 0 Å². The topological polar surface area (TPSA) is 41.8 Å². The fourth-order valence-corrected chi connectivity index (χ4v) is 0.755. The molecule has 0 saturated heterocycles. The minimum Gasteiger partial charge on any atom is -0.396 e. The number of H-pyrrole nitrogens is 1. The Morgan fingerprint density at radius 3 is 2.90 bits per heavy atom. The van der Waals surface area contributed by atoms with Gasteiger partial charge < -0.3 is 10.7 Å². The lowest BCUT2D eigenvalue weighted by atomic mass is 10.3. The van der Waals surface area contributed by atoms with Crippen molar-refractivity contribution in [3.05, 3.63) is 29.0 Å². The molecule has 0 radical (unpaired) electrons. The van der Waals surface area contributed by atoms with Crippen molar-refractivity contribution in [1.82, 2.24) is 4.98 Å². The number of anilines is 1. The summed E-state index contributed by atoms with van der Waals surface area (Å²) in [5.74, 6) is 0. The summed E-state index contributed by atoms with van der Waals surface area (Å²) in [6.07, 6.45) is 3.48. The average Bonchev–Trinajstić information content (AvgIpc) is 1.95. The molecule has 0 saturated carbocycles. The summed E-state index contributed by atoms with van der Waals surface area (Å²) in [5, 5.41) is 0. The van der Waals surface area contributed by atoms with Crippen molar-refractivity contribution in [2.75, 3.05) is 5.73 Å². The van der Waals surface area contributed by atoms with E-state index in [9.17, 15) is 0 Å². The average molecular weight is 152 g/mol. The number of aromatic amines is 1. The summed E-state index contributed by atoms with van der Waals surface area (Å²) in [4.78, 5) is 2.84. The van der Waals surface area contributed by atoms with Gasteiger partial charge in [-0.2, -0.15) is 0 Å². The summed E-state index contributed by atoms with van der Waals surface area (Å²) >= 11 is 4.85. The first kappa shape index (κ1) is 7.02. The van der Waals surface area contributed by atoms with Crippen LogP contribution in [0.15, 0.2) is 18.8 Å². The smallest absolute Gasteiger partial charge is 0.126 e. The Hall–Kier alpha value is -1.09. The first-order chi connectivity index (χ1) is 4.74. The van der Waals surface area contributed by atoms with Gasteiger partial charge in [-0.05, 0) is 11.6 Å². The molecule has 0 amide bonds. The van der Waals surface area contributed by atoms with Crippen molar-refractivity contribution in [1.29, 1.82) is 0 Å². The zero-order valence-electron chi connectivity index (χ0n) is 5.42. The first-order valence-electron chi connectivity index (χ1n) is 2.84. The van der Waals surface area contributed by atoms with Crippen LogP contribution in [0, 0.1) is 4.64 Å². The molecule has 0 spiro atoms. The lowest BCUT2D eigenvalue weighted by Crippen LogP contribution is -1.88. The van der Waals surface area contributed by atoms with Crippen molar-refractivity contribution in [2.24, 2.45) is 0 Å². The minimum atomic E-state index is 0.575. The summed E-state index contributed by atoms with van der Waals surface area (Å²) in [6.45, 7) is 3.59. The standard InChI is InChI=1S/C7H8N2S/c1-2-5-3-6(8)7(10)9-4-5/h2-4H,1,8H2,(H,9,10). The third-order valence-electron chi connectivity index (χ3n) is 1.19. The van der Waals surface area contributed by atoms with Crippen molar-refractivity contribution in [3.8, 4) is 0 Å². The fraction of sp³-hybridized carbons (Fsp3) is 0. The highest BCUT2D eigenvalue weighted by Crippen LogP contribution is 2.06. The number of hydrogen-bond acceptors (Lipinski definition) is 2. The molecule has 3 N–H and O–H groups in total. The van der Waals surface area contributed by atoms with Crippen LogP contribution in [0.5, 0.6) is 0 Å². The van der Waals surface area contributed by atoms with Crippen LogP contribution in [0.25, 0.3) is 6.08 Å². The molecule has 3 heteroatoms. The Balaban J connectivity index is 3.29. The summed E-state index contributed by atoms with van der Waals surface area (Å²) < 4.78 is 0.575. The second-order valence-corrected chi connectivity index (χ2v) is 2.33. The van der Waals surface area contributed by atoms with E-state index in [1.54, 1.807) is 18.3 Å². The van der Waals surface area contributed by atoms with Gasteiger partial charge in [0.05, 0.1) is 5.69 Å². The second kappa shape index (κ2) is 2.66. The van der Waals surface area contributed by atoms with E-state index in [1.165, 1.54) is 0 Å². The minimum absolute atomic E-state index is 0.575. The van der Waals surface area contributed by atoms with Gasteiger partial charge in [0.25, 0.3) is 0 Å². The molecule has 0 aliphatic carbocycles. The molecular formula is C7H8N2S. The highest BCUT2D eigenvalue weighted by Gasteiger charge is 1.88. The summed E-state index contributed by atoms with van der Waals surface area (Å²) in [6, 6.07) is 1.78. The number of hydrogen-bond donors (Lipinski definition) is 2. The lowest BCUT2D eigenvalue weighted by molar-refractivity contribution is 1.29. The number of aromatic nitrogens is 1. The fourth-order valence-electron chi connectivity index (χ4n) is 0.637. The lowest BCUT2D eigenvalue weighted by Gasteiger charge is -1.94. The highest BCUT2D eigenvalue weighted by molar-refractivity contribution is 7.71. The maximum atomic E-state index is 5.51. The molecule has 1 aromatic heterocycles. The molecule has 52 valence electrons. The normalized spacial score (nSPS) is 9.20. The Morgan fingerprint density at radius 1 is 1.70 bits per heavy atom. The molecule has 1 rings (SSSR count). The van der Waals surface area contributed by atoms with Crippen LogP contribution in [-0.2, 0) is 0 Å². The number of rotatable bonds is 1. The van der Waals surface area contributed by atoms with Crippen molar-refractivity contribution in [3.63, 3.8) is 0 Å². The van der Waals surface area contributed by atoms with Crippen LogP contribution in [-0.4, -0.2) is 4.98 Å². The van der Waals surface area contributed by atoms with Crippen LogP contribution in [0.2, 0.25) is 0 Å². The number of nitrogen functional groups attached to an aromatic ring is 1. The van der Waals surface area contributed by atoms with Crippen molar-refractivity contribution in [2.45, 2.75) is 0 Å². The van der Waals surface area contributed by atoms with Crippen LogP contribution in [0.4, 0.5) is 5.69 Å². The van der Waals surface area contributed by atoms with E-state index < -0.39 is 0 Å². The largest absolute Gasteiger partial charge is 0.396 e. The van der Waals surface area contributed by atoms with Gasteiger partial charge in [-0.15, -0.1) is 0 Å². The Kier molecular flexibility index (Phi) is 1.87. The van der Waals surface area contributed by atoms with Crippen LogP contribution in [0.3, 0.4) is 0 Å². The van der Waals surface area contributed by atoms with Gasteiger partial charge in [0.1, 0.15) is 4.64 Å². The molecule has 0 fully saturated rings. The predicted octanol–water partition coefficient (Wildman–Crippen LogP) is 1.97. The van der Waals surface area contributed by atoms with Crippen LogP contribution >= 0.6 is 12.2 Å². The Labute approximate surface area is 64.4 Å². The number of nitrogens with one attached hydrogen (secondary N) is 1. The van der Waals surface area contributed by atoms with E-state index in [4.69, 9.17) is 18.0 Å². The maximum Gasteiger partial charge on any atom is 0.126 e. The van der Waals surface area contributed by atoms with Gasteiger partial charge in [-0.1, -0.05) is 24.9 Å². The second-order valence-electron chi connectivity index (χ2n) is 1.92. The predicted molar refractivity (Wildman–Crippen MR) is 46.1 cm³/mol. The zero-order chi connectivity index (χ0) is 7.56. The maximum absolute atomic E-state index is 5.51. The molecule has 2 nitrogen and oxygen atoms in total. The molecule has 1 aromatic rings. The van der Waals surface area contributed by atoms with E-state index in [-0.39, 0.29) is 0 Å². The number of pyridine rings is 1. The Morgan fingerprint density at radius 2 is 2.40 bits per heavy atom. The molecule has 1 heterocycles. The SMILES string of the molecule is C=Cc1c[nH]c(=S)c(N)c1. The van der Waals surface area contributed by atoms with Gasteiger partial charge in [0.2, 0.25) is 0 Å². The molecule has 0 aliphatic rings. The molecule has 0 atom stereocenters. The van der Waals surface area contributed by atoms with Crippen molar-refractivity contribution < 1.29 is 0 Å². The molecule has 0 aromatic carbocycles. The monoisotopic (exact) mass is 152 g/mol. The summed E-state index contributed by atoms with van der Waals surface area (Å²) in [5.41, 5.74) is 7.05. The Bertz CT molecular complexity index is 301. The molecule has 0 bridgehead atoms. The molecule has 10 heavy (non-hydrogen) atoms. The van der Waals surface area contributed by atoms with Crippen molar-refractivity contribution >= 4 is 24.0 Å². The van der Waals surface area contributed by atoms with Crippen LogP contribution < -0.4 is 5.73 Å². The third-order valence-corrected chi connectivity index (χ3v) is 1.54. The third kappa shape index (κ3) is 1.25. The first-order valence-corrected chi connectivity index (χ1v) is 3.25. The number of nitrogens with two attached hydrogens (primary N) is 1. The quantitative estimate of drug-likeness (QED) is 0.604. The van der Waals surface area contributed by atoms with Crippen LogP contribution in [0.1, 0.15) is 5.56 Å². The van der Waals surface area contributed by atoms with Gasteiger partial charge in [-0.25, -0.2) is 0 Å². The molecule has 0 aliphatic heterocycles. The highest BCUT2D eigenvalue weighted by atomic mass is 32.1. The zero-order valence-corrected chi connectivity index (χ0v) is 6.24. The van der Waals surface area contributed by atoms with Gasteiger partial charge in [0, 0.05) is 6.20 Å². The van der Waals surface area contributed by atoms with E-state index in [1.807, 2.05) is 0 Å². The van der Waals surface area contributed by atoms with Gasteiger partial charge in [-0.3, -0.25) is 0 Å². The van der Waals surface area contributed by atoms with E-state index in [0.717, 1.165) is 5.56 Å². The summed E-state index contributed by atoms with van der Waals surface area (Å²) in [7, 11) is 0.